The maximum absolute atomic E-state index is 13.3. The number of carboxylic acid groups (broad SMARTS) is 1. The van der Waals surface area contributed by atoms with Crippen LogP contribution in [0.1, 0.15) is 31.2 Å². The van der Waals surface area contributed by atoms with Crippen LogP contribution in [0.5, 0.6) is 0 Å². The highest BCUT2D eigenvalue weighted by Gasteiger charge is 2.35. The Morgan fingerprint density at radius 2 is 1.36 bits per heavy atom. The molecule has 12 N–H and O–H groups in total. The van der Waals surface area contributed by atoms with Crippen molar-refractivity contribution in [3.63, 3.8) is 0 Å². The van der Waals surface area contributed by atoms with E-state index in [9.17, 15) is 43.5 Å². The molecule has 1 aliphatic rings. The summed E-state index contributed by atoms with van der Waals surface area (Å²) in [7, 11) is 0. The maximum Gasteiger partial charge on any atom is 0.326 e. The highest BCUT2D eigenvalue weighted by Crippen LogP contribution is 2.17. The van der Waals surface area contributed by atoms with Crippen molar-refractivity contribution in [2.45, 2.75) is 62.3 Å². The normalized spacial score (nSPS) is 16.8. The first-order chi connectivity index (χ1) is 21.2. The summed E-state index contributed by atoms with van der Waals surface area (Å²) in [6.07, 6.45) is -0.825. The summed E-state index contributed by atoms with van der Waals surface area (Å²) in [5.41, 5.74) is 16.5. The lowest BCUT2D eigenvalue weighted by atomic mass is 10.0. The first kappa shape index (κ1) is 36.1. The molecule has 5 atom stereocenters. The number of primary amides is 2. The Morgan fingerprint density at radius 1 is 0.822 bits per heavy atom. The molecule has 0 saturated carbocycles. The van der Waals surface area contributed by atoms with E-state index in [4.69, 9.17) is 22.3 Å². The van der Waals surface area contributed by atoms with E-state index in [1.165, 1.54) is 0 Å². The molecule has 0 radical (unpaired) electrons. The third-order valence-corrected chi connectivity index (χ3v) is 6.80. The van der Waals surface area contributed by atoms with Gasteiger partial charge in [-0.25, -0.2) is 4.79 Å². The van der Waals surface area contributed by atoms with E-state index in [2.05, 4.69) is 21.3 Å². The number of rotatable bonds is 17. The molecule has 0 unspecified atom stereocenters. The van der Waals surface area contributed by atoms with Gasteiger partial charge in [0.15, 0.2) is 0 Å². The number of nitrogens with two attached hydrogens (primary N) is 3. The quantitative estimate of drug-likeness (QED) is 0.0781. The number of aliphatic hydroxyl groups is 1. The van der Waals surface area contributed by atoms with Crippen LogP contribution in [-0.2, 0) is 44.8 Å². The lowest BCUT2D eigenvalue weighted by Crippen LogP contribution is -2.59. The van der Waals surface area contributed by atoms with Crippen LogP contribution >= 0.6 is 0 Å². The highest BCUT2D eigenvalue weighted by atomic mass is 16.4. The Bertz CT molecular complexity index is 1280. The number of carbonyl (C=O) groups is 8. The molecule has 0 aliphatic carbocycles. The van der Waals surface area contributed by atoms with Crippen molar-refractivity contribution in [2.24, 2.45) is 17.2 Å². The number of amides is 7. The van der Waals surface area contributed by atoms with Gasteiger partial charge in [-0.3, -0.25) is 33.6 Å². The van der Waals surface area contributed by atoms with Crippen LogP contribution < -0.4 is 38.5 Å². The lowest BCUT2D eigenvalue weighted by Gasteiger charge is -2.25. The molecule has 7 amide bonds. The van der Waals surface area contributed by atoms with Crippen LogP contribution in [0.3, 0.4) is 0 Å². The Kier molecular flexibility index (Phi) is 13.8. The molecular formula is C27H38N8O10. The van der Waals surface area contributed by atoms with Crippen molar-refractivity contribution in [1.29, 1.82) is 0 Å². The lowest BCUT2D eigenvalue weighted by molar-refractivity contribution is -0.148. The molecular weight excluding hydrogens is 596 g/mol. The molecule has 1 heterocycles. The van der Waals surface area contributed by atoms with Gasteiger partial charge in [0, 0.05) is 13.0 Å². The smallest absolute Gasteiger partial charge is 0.326 e. The molecule has 2 rings (SSSR count). The summed E-state index contributed by atoms with van der Waals surface area (Å²) in [5.74, 6) is -7.85. The van der Waals surface area contributed by atoms with E-state index in [1.807, 2.05) is 0 Å². The number of benzene rings is 1. The summed E-state index contributed by atoms with van der Waals surface area (Å²) in [6.45, 7) is -1.14. The monoisotopic (exact) mass is 634 g/mol. The van der Waals surface area contributed by atoms with Gasteiger partial charge in [-0.05, 0) is 18.4 Å². The van der Waals surface area contributed by atoms with Gasteiger partial charge in [-0.1, -0.05) is 30.3 Å². The number of carbonyl (C=O) groups excluding carboxylic acids is 7. The molecule has 1 saturated heterocycles. The number of aliphatic carboxylic acids is 1. The van der Waals surface area contributed by atoms with Crippen molar-refractivity contribution in [1.82, 2.24) is 26.2 Å². The molecule has 1 aromatic carbocycles. The minimum atomic E-state index is -1.69. The van der Waals surface area contributed by atoms with E-state index >= 15 is 0 Å². The van der Waals surface area contributed by atoms with Crippen LogP contribution in [-0.4, -0.2) is 112 Å². The second-order valence-electron chi connectivity index (χ2n) is 10.3. The number of nitrogens with one attached hydrogen (secondary N) is 4. The number of likely N-dealkylation sites (tertiary alicyclic amines) is 1. The fourth-order valence-electron chi connectivity index (χ4n) is 4.50. The average Bonchev–Trinajstić information content (AvgIpc) is 3.49. The first-order valence-corrected chi connectivity index (χ1v) is 13.9. The van der Waals surface area contributed by atoms with E-state index in [0.29, 0.717) is 12.0 Å². The van der Waals surface area contributed by atoms with Gasteiger partial charge in [-0.2, -0.15) is 0 Å². The van der Waals surface area contributed by atoms with E-state index in [1.54, 1.807) is 30.3 Å². The molecule has 18 nitrogen and oxygen atoms in total. The van der Waals surface area contributed by atoms with Crippen LogP contribution in [0.15, 0.2) is 30.3 Å². The number of nitrogens with zero attached hydrogens (tertiary/aromatic N) is 1. The van der Waals surface area contributed by atoms with Crippen molar-refractivity contribution >= 4 is 47.3 Å². The summed E-state index contributed by atoms with van der Waals surface area (Å²) in [6, 6.07) is 1.26. The van der Waals surface area contributed by atoms with E-state index in [-0.39, 0.29) is 19.4 Å². The largest absolute Gasteiger partial charge is 0.480 e. The fraction of sp³-hybridized carbons (Fsp3) is 0.481. The average molecular weight is 635 g/mol. The second-order valence-corrected chi connectivity index (χ2v) is 10.3. The molecule has 0 spiro atoms. The third kappa shape index (κ3) is 11.5. The molecule has 0 aromatic heterocycles. The van der Waals surface area contributed by atoms with E-state index in [0.717, 1.165) is 4.90 Å². The van der Waals surface area contributed by atoms with Gasteiger partial charge in [0.25, 0.3) is 0 Å². The molecule has 1 fully saturated rings. The number of carboxylic acids is 1. The zero-order valence-electron chi connectivity index (χ0n) is 24.3. The van der Waals surface area contributed by atoms with Crippen LogP contribution in [0.4, 0.5) is 0 Å². The number of hydrogen-bond acceptors (Lipinski definition) is 10. The Balaban J connectivity index is 2.22. The molecule has 246 valence electrons. The summed E-state index contributed by atoms with van der Waals surface area (Å²) >= 11 is 0. The van der Waals surface area contributed by atoms with Crippen LogP contribution in [0.2, 0.25) is 0 Å². The fourth-order valence-corrected chi connectivity index (χ4v) is 4.50. The molecule has 0 bridgehead atoms. The summed E-state index contributed by atoms with van der Waals surface area (Å²) in [4.78, 5) is 100. The Hall–Kier alpha value is -5.10. The van der Waals surface area contributed by atoms with Crippen molar-refractivity contribution in [3.05, 3.63) is 35.9 Å². The van der Waals surface area contributed by atoms with Gasteiger partial charge in [0.2, 0.25) is 41.4 Å². The van der Waals surface area contributed by atoms with Gasteiger partial charge < -0.3 is 53.6 Å². The van der Waals surface area contributed by atoms with Crippen molar-refractivity contribution in [3.8, 4) is 0 Å². The highest BCUT2D eigenvalue weighted by molar-refractivity contribution is 5.98. The predicted octanol–water partition coefficient (Wildman–Crippen LogP) is -5.05. The van der Waals surface area contributed by atoms with Gasteiger partial charge >= 0.3 is 5.97 Å². The molecule has 1 aromatic rings. The van der Waals surface area contributed by atoms with Crippen LogP contribution in [0, 0.1) is 0 Å². The zero-order valence-corrected chi connectivity index (χ0v) is 24.3. The van der Waals surface area contributed by atoms with Gasteiger partial charge in [-0.15, -0.1) is 0 Å². The van der Waals surface area contributed by atoms with Crippen LogP contribution in [0.25, 0.3) is 0 Å². The molecule has 45 heavy (non-hydrogen) atoms. The Morgan fingerprint density at radius 3 is 1.87 bits per heavy atom. The van der Waals surface area contributed by atoms with E-state index < -0.39 is 104 Å². The number of hydrogen-bond donors (Lipinski definition) is 9. The molecule has 18 heteroatoms. The van der Waals surface area contributed by atoms with Gasteiger partial charge in [0.1, 0.15) is 30.2 Å². The minimum Gasteiger partial charge on any atom is -0.480 e. The topological polar surface area (TPSA) is 306 Å². The zero-order chi connectivity index (χ0) is 33.7. The minimum absolute atomic E-state index is 0.0925. The second kappa shape index (κ2) is 17.3. The predicted molar refractivity (Wildman–Crippen MR) is 154 cm³/mol. The number of aliphatic hydroxyl groups excluding tert-OH is 1. The maximum atomic E-state index is 13.3. The standard InChI is InChI=1S/C27H38N8O10/c28-15(13-36)23(40)32-17(10-20(29)37)25(42)34-18(11-21(30)38)26(43)33-16(9-14-5-2-1-3-6-14)24(41)31-12-22(39)35-8-4-7-19(35)27(44)45/h1-3,5-6,15-19,36H,4,7-13,28H2,(H2,29,37)(H2,30,38)(H,31,41)(H,32,40)(H,33,43)(H,34,42)(H,44,45)/t15-,16-,17-,18-,19-/m0/s1. The summed E-state index contributed by atoms with van der Waals surface area (Å²) in [5, 5.41) is 27.6. The first-order valence-electron chi connectivity index (χ1n) is 13.9. The molecule has 1 aliphatic heterocycles. The van der Waals surface area contributed by atoms with Crippen molar-refractivity contribution < 1.29 is 48.6 Å². The van der Waals surface area contributed by atoms with Gasteiger partial charge in [0.05, 0.1) is 26.0 Å². The SMILES string of the molecule is NC(=O)C[C@H](NC(=O)[C@H](CC(N)=O)NC(=O)[C@@H](N)CO)C(=O)N[C@@H](Cc1ccccc1)C(=O)NCC(=O)N1CCC[C@H]1C(=O)O. The Labute approximate surface area is 257 Å². The summed E-state index contributed by atoms with van der Waals surface area (Å²) < 4.78 is 0. The third-order valence-electron chi connectivity index (χ3n) is 6.80. The van der Waals surface area contributed by atoms with Crippen molar-refractivity contribution in [2.75, 3.05) is 19.7 Å².